The predicted octanol–water partition coefficient (Wildman–Crippen LogP) is 6.65. The number of aliphatic hydroxyl groups is 1. The number of H-pyrrole nitrogens is 1. The summed E-state index contributed by atoms with van der Waals surface area (Å²) in [6.07, 6.45) is 6.08. The van der Waals surface area contributed by atoms with E-state index in [0.29, 0.717) is 17.2 Å². The van der Waals surface area contributed by atoms with Crippen molar-refractivity contribution in [2.75, 3.05) is 24.5 Å². The number of aromatic amines is 1. The summed E-state index contributed by atoms with van der Waals surface area (Å²) < 4.78 is 0. The number of nitrogens with one attached hydrogen (secondary N) is 2. The van der Waals surface area contributed by atoms with Crippen molar-refractivity contribution < 1.29 is 9.90 Å². The maximum atomic E-state index is 13.8. The summed E-state index contributed by atoms with van der Waals surface area (Å²) >= 11 is 0. The van der Waals surface area contributed by atoms with Crippen LogP contribution >= 0.6 is 0 Å². The van der Waals surface area contributed by atoms with Gasteiger partial charge in [-0.25, -0.2) is 0 Å². The van der Waals surface area contributed by atoms with E-state index in [1.807, 2.05) is 32.9 Å². The number of likely N-dealkylation sites (tertiary alicyclic amines) is 1. The van der Waals surface area contributed by atoms with Crippen molar-refractivity contribution in [1.82, 2.24) is 15.2 Å². The fourth-order valence-electron chi connectivity index (χ4n) is 6.75. The molecule has 1 amide bonds. The number of piperidine rings is 1. The van der Waals surface area contributed by atoms with Crippen molar-refractivity contribution in [2.45, 2.75) is 105 Å². The Balaban J connectivity index is 1.69. The summed E-state index contributed by atoms with van der Waals surface area (Å²) in [4.78, 5) is 34.1. The molecule has 1 aliphatic rings. The monoisotopic (exact) mass is 600 g/mol. The number of carbonyl (C=O) groups excluding carboxylic acids is 1. The number of hydrogen-bond donors (Lipinski definition) is 3. The third kappa shape index (κ3) is 8.19. The minimum atomic E-state index is -0.238. The van der Waals surface area contributed by atoms with Gasteiger partial charge in [-0.15, -0.1) is 0 Å². The number of β-amino-alcohol motifs (C(OH)–C–C–N with tert-alkyl or cyclic N) is 1. The number of aliphatic hydroxyl groups excluding tert-OH is 1. The van der Waals surface area contributed by atoms with Crippen molar-refractivity contribution in [1.29, 1.82) is 0 Å². The lowest BCUT2D eigenvalue weighted by atomic mass is 9.94. The molecule has 3 N–H and O–H groups in total. The average molecular weight is 601 g/mol. The SMILES string of the molecule is CCCC(CCC)N(CC)c1cc(-c2ccc(CN3CCC[C@H](O)C3)cc2)cc(C(=O)NCc2c(C)cc(C)[nH]c2=O)c1C. The van der Waals surface area contributed by atoms with E-state index in [0.717, 1.165) is 98.3 Å². The summed E-state index contributed by atoms with van der Waals surface area (Å²) in [5.74, 6) is -0.177. The number of amides is 1. The highest BCUT2D eigenvalue weighted by Crippen LogP contribution is 2.34. The number of benzene rings is 2. The Labute approximate surface area is 263 Å². The highest BCUT2D eigenvalue weighted by Gasteiger charge is 2.23. The van der Waals surface area contributed by atoms with Crippen molar-refractivity contribution in [3.8, 4) is 11.1 Å². The maximum absolute atomic E-state index is 13.8. The largest absolute Gasteiger partial charge is 0.392 e. The predicted molar refractivity (Wildman–Crippen MR) is 181 cm³/mol. The quantitative estimate of drug-likeness (QED) is 0.205. The average Bonchev–Trinajstić information content (AvgIpc) is 2.98. The van der Waals surface area contributed by atoms with Crippen LogP contribution in [0.15, 0.2) is 47.3 Å². The molecular formula is C37H52N4O3. The van der Waals surface area contributed by atoms with E-state index in [1.165, 1.54) is 5.56 Å². The van der Waals surface area contributed by atoms with Crippen LogP contribution in [-0.4, -0.2) is 52.7 Å². The summed E-state index contributed by atoms with van der Waals surface area (Å²) in [5, 5.41) is 13.1. The van der Waals surface area contributed by atoms with Crippen LogP contribution < -0.4 is 15.8 Å². The zero-order chi connectivity index (χ0) is 31.8. The number of aromatic nitrogens is 1. The first-order valence-corrected chi connectivity index (χ1v) is 16.5. The van der Waals surface area contributed by atoms with Crippen LogP contribution in [0.4, 0.5) is 5.69 Å². The first-order valence-electron chi connectivity index (χ1n) is 16.5. The first-order chi connectivity index (χ1) is 21.1. The smallest absolute Gasteiger partial charge is 0.253 e. The van der Waals surface area contributed by atoms with Gasteiger partial charge in [-0.3, -0.25) is 14.5 Å². The Kier molecular flexibility index (Phi) is 11.8. The zero-order valence-electron chi connectivity index (χ0n) is 27.6. The molecule has 0 aliphatic carbocycles. The van der Waals surface area contributed by atoms with Gasteiger partial charge in [0.2, 0.25) is 0 Å². The van der Waals surface area contributed by atoms with Gasteiger partial charge in [0.15, 0.2) is 0 Å². The van der Waals surface area contributed by atoms with Gasteiger partial charge >= 0.3 is 0 Å². The second kappa shape index (κ2) is 15.5. The van der Waals surface area contributed by atoms with Crippen molar-refractivity contribution in [2.24, 2.45) is 0 Å². The van der Waals surface area contributed by atoms with Crippen molar-refractivity contribution in [3.05, 3.63) is 86.3 Å². The normalized spacial score (nSPS) is 15.5. The molecule has 7 nitrogen and oxygen atoms in total. The fourth-order valence-corrected chi connectivity index (χ4v) is 6.75. The van der Waals surface area contributed by atoms with Gasteiger partial charge < -0.3 is 20.3 Å². The molecule has 1 aliphatic heterocycles. The first kappa shape index (κ1) is 33.5. The Bertz CT molecular complexity index is 1460. The number of pyridine rings is 1. The van der Waals surface area contributed by atoms with Gasteiger partial charge in [-0.05, 0) is 106 Å². The molecule has 238 valence electrons. The Morgan fingerprint density at radius 2 is 1.75 bits per heavy atom. The van der Waals surface area contributed by atoms with Crippen LogP contribution in [0.25, 0.3) is 11.1 Å². The van der Waals surface area contributed by atoms with Gasteiger partial charge in [0.1, 0.15) is 0 Å². The number of hydrogen-bond acceptors (Lipinski definition) is 5. The molecule has 1 atom stereocenters. The van der Waals surface area contributed by atoms with Gasteiger partial charge in [-0.1, -0.05) is 51.0 Å². The Morgan fingerprint density at radius 1 is 1.05 bits per heavy atom. The van der Waals surface area contributed by atoms with Gasteiger partial charge in [-0.2, -0.15) is 0 Å². The molecule has 0 radical (unpaired) electrons. The number of carbonyl (C=O) groups is 1. The second-order valence-electron chi connectivity index (χ2n) is 12.5. The van der Waals surface area contributed by atoms with E-state index in [4.69, 9.17) is 0 Å². The standard InChI is InChI=1S/C37H52N4O3/c1-7-11-31(12-8-2)41(9-3)35-21-30(29-16-14-28(15-17-29)23-40-18-10-13-32(42)24-40)20-33(27(35)6)36(43)38-22-34-25(4)19-26(5)39-37(34)44/h14-17,19-21,31-32,42H,7-13,18,22-24H2,1-6H3,(H,38,43)(H,39,44)/t32-/m0/s1. The third-order valence-corrected chi connectivity index (χ3v) is 9.05. The zero-order valence-corrected chi connectivity index (χ0v) is 27.6. The van der Waals surface area contributed by atoms with Crippen molar-refractivity contribution in [3.63, 3.8) is 0 Å². The van der Waals surface area contributed by atoms with E-state index in [-0.39, 0.29) is 24.1 Å². The number of anilines is 1. The summed E-state index contributed by atoms with van der Waals surface area (Å²) in [7, 11) is 0. The molecule has 0 bridgehead atoms. The molecule has 7 heteroatoms. The molecule has 1 fully saturated rings. The second-order valence-corrected chi connectivity index (χ2v) is 12.5. The minimum Gasteiger partial charge on any atom is -0.392 e. The van der Waals surface area contributed by atoms with Crippen LogP contribution in [0.1, 0.15) is 97.6 Å². The minimum absolute atomic E-state index is 0.160. The lowest BCUT2D eigenvalue weighted by Gasteiger charge is -2.35. The van der Waals surface area contributed by atoms with Gasteiger partial charge in [0.25, 0.3) is 11.5 Å². The van der Waals surface area contributed by atoms with Crippen LogP contribution in [0, 0.1) is 20.8 Å². The Morgan fingerprint density at radius 3 is 2.36 bits per heavy atom. The topological polar surface area (TPSA) is 88.7 Å². The molecule has 4 rings (SSSR count). The maximum Gasteiger partial charge on any atom is 0.253 e. The summed E-state index contributed by atoms with van der Waals surface area (Å²) in [6, 6.07) is 15.2. The van der Waals surface area contributed by atoms with E-state index in [1.54, 1.807) is 0 Å². The number of aryl methyl sites for hydroxylation is 2. The van der Waals surface area contributed by atoms with Gasteiger partial charge in [0.05, 0.1) is 6.10 Å². The molecule has 1 aromatic heterocycles. The Hall–Kier alpha value is -3.42. The molecule has 2 heterocycles. The van der Waals surface area contributed by atoms with Crippen LogP contribution in [0.5, 0.6) is 0 Å². The highest BCUT2D eigenvalue weighted by molar-refractivity contribution is 5.99. The van der Waals surface area contributed by atoms with Crippen LogP contribution in [-0.2, 0) is 13.1 Å². The molecule has 3 aromatic rings. The van der Waals surface area contributed by atoms with Crippen LogP contribution in [0.2, 0.25) is 0 Å². The lowest BCUT2D eigenvalue weighted by Crippen LogP contribution is -2.37. The highest BCUT2D eigenvalue weighted by atomic mass is 16.3. The molecule has 0 saturated carbocycles. The number of rotatable bonds is 13. The molecule has 1 saturated heterocycles. The van der Waals surface area contributed by atoms with E-state index < -0.39 is 0 Å². The molecule has 0 unspecified atom stereocenters. The van der Waals surface area contributed by atoms with E-state index in [2.05, 4.69) is 71.2 Å². The van der Waals surface area contributed by atoms with E-state index >= 15 is 0 Å². The molecule has 2 aromatic carbocycles. The summed E-state index contributed by atoms with van der Waals surface area (Å²) in [5.41, 5.74) is 8.07. The van der Waals surface area contributed by atoms with Gasteiger partial charge in [0, 0.05) is 54.7 Å². The lowest BCUT2D eigenvalue weighted by molar-refractivity contribution is 0.0668. The molecule has 44 heavy (non-hydrogen) atoms. The number of nitrogens with zero attached hydrogens (tertiary/aromatic N) is 2. The van der Waals surface area contributed by atoms with Crippen LogP contribution in [0.3, 0.4) is 0 Å². The fraction of sp³-hybridized carbons (Fsp3) is 0.514. The third-order valence-electron chi connectivity index (χ3n) is 9.05. The molecule has 0 spiro atoms. The molecular weight excluding hydrogens is 548 g/mol. The van der Waals surface area contributed by atoms with Crippen molar-refractivity contribution >= 4 is 11.6 Å². The van der Waals surface area contributed by atoms with E-state index in [9.17, 15) is 14.7 Å². The summed E-state index contributed by atoms with van der Waals surface area (Å²) in [6.45, 7) is 16.1.